The van der Waals surface area contributed by atoms with E-state index in [0.717, 1.165) is 27.5 Å². The molecule has 0 aliphatic heterocycles. The Labute approximate surface area is 117 Å². The number of ether oxygens (including phenoxy) is 1. The summed E-state index contributed by atoms with van der Waals surface area (Å²) >= 11 is 0. The molecule has 102 valence electrons. The van der Waals surface area contributed by atoms with Crippen LogP contribution >= 0.6 is 0 Å². The zero-order chi connectivity index (χ0) is 14.4. The van der Waals surface area contributed by atoms with Crippen LogP contribution in [0.25, 0.3) is 16.8 Å². The molecule has 0 heterocycles. The number of hydrogen-bond donors (Lipinski definition) is 2. The summed E-state index contributed by atoms with van der Waals surface area (Å²) in [4.78, 5) is 0. The summed E-state index contributed by atoms with van der Waals surface area (Å²) < 4.78 is 5.32. The summed E-state index contributed by atoms with van der Waals surface area (Å²) in [6.45, 7) is 5.67. The highest BCUT2D eigenvalue weighted by Crippen LogP contribution is 2.41. The maximum absolute atomic E-state index is 10.2. The topological polar surface area (TPSA) is 49.7 Å². The summed E-state index contributed by atoms with van der Waals surface area (Å²) in [6.07, 6.45) is 3.05. The van der Waals surface area contributed by atoms with Gasteiger partial charge in [0.2, 0.25) is 0 Å². The van der Waals surface area contributed by atoms with Crippen molar-refractivity contribution in [1.29, 1.82) is 0 Å². The third-order valence-electron chi connectivity index (χ3n) is 3.79. The van der Waals surface area contributed by atoms with Crippen LogP contribution in [-0.4, -0.2) is 17.3 Å². The van der Waals surface area contributed by atoms with Gasteiger partial charge in [-0.3, -0.25) is 0 Å². The predicted octanol–water partition coefficient (Wildman–Crippen LogP) is 3.48. The van der Waals surface area contributed by atoms with E-state index in [1.165, 1.54) is 7.11 Å². The van der Waals surface area contributed by atoms with Gasteiger partial charge in [0.1, 0.15) is 6.10 Å². The Balaban J connectivity index is 2.38. The maximum Gasteiger partial charge on any atom is 0.168 e. The molecule has 1 aliphatic rings. The predicted molar refractivity (Wildman–Crippen MR) is 80.0 cm³/mol. The Morgan fingerprint density at radius 3 is 2.65 bits per heavy atom. The molecule has 0 bridgehead atoms. The van der Waals surface area contributed by atoms with Gasteiger partial charge in [-0.1, -0.05) is 18.7 Å². The number of aromatic hydroxyl groups is 1. The Morgan fingerprint density at radius 1 is 1.20 bits per heavy atom. The highest BCUT2D eigenvalue weighted by molar-refractivity contribution is 5.94. The van der Waals surface area contributed by atoms with E-state index in [-0.39, 0.29) is 5.75 Å². The van der Waals surface area contributed by atoms with Crippen LogP contribution < -0.4 is 4.74 Å². The molecule has 1 aliphatic carbocycles. The quantitative estimate of drug-likeness (QED) is 0.832. The number of phenolic OH excluding ortho intramolecular Hbond substituents is 1. The molecular formula is C17H16O3. The fraction of sp³-hybridized carbons (Fsp3) is 0.176. The van der Waals surface area contributed by atoms with E-state index in [1.807, 2.05) is 37.3 Å². The summed E-state index contributed by atoms with van der Waals surface area (Å²) in [5.41, 5.74) is 3.17. The molecule has 3 heteroatoms. The minimum atomic E-state index is -0.715. The maximum atomic E-state index is 10.2. The van der Waals surface area contributed by atoms with Crippen molar-refractivity contribution < 1.29 is 14.9 Å². The second kappa shape index (κ2) is 4.39. The highest BCUT2D eigenvalue weighted by atomic mass is 16.5. The highest BCUT2D eigenvalue weighted by Gasteiger charge is 2.20. The van der Waals surface area contributed by atoms with Crippen LogP contribution in [0, 0.1) is 6.92 Å². The molecule has 2 aromatic rings. The Kier molecular flexibility index (Phi) is 2.80. The van der Waals surface area contributed by atoms with E-state index in [2.05, 4.69) is 6.58 Å². The number of aryl methyl sites for hydroxylation is 1. The number of hydrogen-bond acceptors (Lipinski definition) is 3. The van der Waals surface area contributed by atoms with Crippen molar-refractivity contribution >= 4 is 16.8 Å². The molecule has 0 fully saturated rings. The van der Waals surface area contributed by atoms with E-state index < -0.39 is 6.10 Å². The molecular weight excluding hydrogens is 252 g/mol. The van der Waals surface area contributed by atoms with Gasteiger partial charge >= 0.3 is 0 Å². The van der Waals surface area contributed by atoms with Crippen molar-refractivity contribution in [2.45, 2.75) is 13.0 Å². The molecule has 0 radical (unpaired) electrons. The zero-order valence-corrected chi connectivity index (χ0v) is 11.5. The van der Waals surface area contributed by atoms with Gasteiger partial charge in [-0.25, -0.2) is 0 Å². The summed E-state index contributed by atoms with van der Waals surface area (Å²) in [7, 11) is 1.53. The van der Waals surface area contributed by atoms with Gasteiger partial charge in [0.25, 0.3) is 0 Å². The molecule has 20 heavy (non-hydrogen) atoms. The molecule has 2 aromatic carbocycles. The van der Waals surface area contributed by atoms with Gasteiger partial charge in [0.15, 0.2) is 11.5 Å². The molecule has 0 aromatic heterocycles. The van der Waals surface area contributed by atoms with Crippen LogP contribution in [-0.2, 0) is 0 Å². The third-order valence-corrected chi connectivity index (χ3v) is 3.79. The lowest BCUT2D eigenvalue weighted by Crippen LogP contribution is -2.05. The summed E-state index contributed by atoms with van der Waals surface area (Å²) in [6, 6.07) is 5.77. The van der Waals surface area contributed by atoms with E-state index in [1.54, 1.807) is 0 Å². The summed E-state index contributed by atoms with van der Waals surface area (Å²) in [5, 5.41) is 22.1. The van der Waals surface area contributed by atoms with Crippen LogP contribution in [0.15, 0.2) is 36.4 Å². The van der Waals surface area contributed by atoms with Crippen molar-refractivity contribution in [2.24, 2.45) is 0 Å². The molecule has 0 saturated heterocycles. The van der Waals surface area contributed by atoms with Crippen molar-refractivity contribution in [3.05, 3.63) is 53.1 Å². The van der Waals surface area contributed by atoms with Crippen LogP contribution in [0.4, 0.5) is 0 Å². The number of aliphatic hydroxyl groups excluding tert-OH is 1. The fourth-order valence-electron chi connectivity index (χ4n) is 2.65. The third kappa shape index (κ3) is 1.71. The average Bonchev–Trinajstić information content (AvgIpc) is 2.43. The molecule has 3 rings (SSSR count). The number of aliphatic hydroxyl groups is 1. The fourth-order valence-corrected chi connectivity index (χ4v) is 2.65. The lowest BCUT2D eigenvalue weighted by atomic mass is 9.89. The van der Waals surface area contributed by atoms with Gasteiger partial charge in [0.05, 0.1) is 7.11 Å². The standard InChI is InChI=1S/C17H16O3/c1-9-4-5-11-7-12-6-10(2)16(19)17(20-3)14(12)8-13(11)15(9)18/h4-8,15,18-19H,1H2,2-3H3/t15-/m1/s1. The molecule has 2 N–H and O–H groups in total. The van der Waals surface area contributed by atoms with Crippen LogP contribution in [0.1, 0.15) is 22.8 Å². The first-order valence-electron chi connectivity index (χ1n) is 6.42. The van der Waals surface area contributed by atoms with Gasteiger partial charge in [-0.2, -0.15) is 0 Å². The van der Waals surface area contributed by atoms with E-state index in [0.29, 0.717) is 11.3 Å². The Morgan fingerprint density at radius 2 is 1.95 bits per heavy atom. The number of methoxy groups -OCH3 is 1. The van der Waals surface area contributed by atoms with Crippen LogP contribution in [0.5, 0.6) is 11.5 Å². The van der Waals surface area contributed by atoms with Crippen molar-refractivity contribution in [3.8, 4) is 11.5 Å². The van der Waals surface area contributed by atoms with Gasteiger partial charge in [0, 0.05) is 5.39 Å². The van der Waals surface area contributed by atoms with Crippen LogP contribution in [0.3, 0.4) is 0 Å². The SMILES string of the molecule is C=C1C=Cc2cc3cc(C)c(O)c(OC)c3cc2[C@@H]1O. The first-order valence-corrected chi connectivity index (χ1v) is 6.42. The van der Waals surface area contributed by atoms with Crippen molar-refractivity contribution in [2.75, 3.05) is 7.11 Å². The minimum absolute atomic E-state index is 0.139. The van der Waals surface area contributed by atoms with Crippen LogP contribution in [0.2, 0.25) is 0 Å². The number of phenols is 1. The monoisotopic (exact) mass is 268 g/mol. The Bertz CT molecular complexity index is 757. The second-order valence-corrected chi connectivity index (χ2v) is 5.09. The first kappa shape index (κ1) is 12.8. The Hall–Kier alpha value is -2.26. The normalized spacial score (nSPS) is 17.4. The van der Waals surface area contributed by atoms with E-state index in [4.69, 9.17) is 4.74 Å². The molecule has 1 atom stereocenters. The van der Waals surface area contributed by atoms with E-state index in [9.17, 15) is 10.2 Å². The molecule has 3 nitrogen and oxygen atoms in total. The molecule has 0 amide bonds. The number of benzene rings is 2. The molecule has 0 unspecified atom stereocenters. The minimum Gasteiger partial charge on any atom is -0.504 e. The van der Waals surface area contributed by atoms with Gasteiger partial charge in [-0.15, -0.1) is 0 Å². The largest absolute Gasteiger partial charge is 0.504 e. The molecule has 0 saturated carbocycles. The number of rotatable bonds is 1. The average molecular weight is 268 g/mol. The first-order chi connectivity index (χ1) is 9.52. The smallest absolute Gasteiger partial charge is 0.168 e. The lowest BCUT2D eigenvalue weighted by molar-refractivity contribution is 0.219. The van der Waals surface area contributed by atoms with E-state index >= 15 is 0 Å². The summed E-state index contributed by atoms with van der Waals surface area (Å²) in [5.74, 6) is 0.579. The second-order valence-electron chi connectivity index (χ2n) is 5.09. The van der Waals surface area contributed by atoms with Crippen molar-refractivity contribution in [1.82, 2.24) is 0 Å². The zero-order valence-electron chi connectivity index (χ0n) is 11.5. The number of fused-ring (bicyclic) bond motifs is 2. The van der Waals surface area contributed by atoms with Gasteiger partial charge in [-0.05, 0) is 52.8 Å². The van der Waals surface area contributed by atoms with Gasteiger partial charge < -0.3 is 14.9 Å². The molecule has 0 spiro atoms. The van der Waals surface area contributed by atoms with Crippen molar-refractivity contribution in [3.63, 3.8) is 0 Å². The lowest BCUT2D eigenvalue weighted by Gasteiger charge is -2.21.